The van der Waals surface area contributed by atoms with Gasteiger partial charge in [-0.15, -0.1) is 0 Å². The summed E-state index contributed by atoms with van der Waals surface area (Å²) in [7, 11) is 0. The Bertz CT molecular complexity index is 644. The van der Waals surface area contributed by atoms with Crippen molar-refractivity contribution in [2.75, 3.05) is 26.3 Å². The van der Waals surface area contributed by atoms with E-state index in [0.29, 0.717) is 31.0 Å². The van der Waals surface area contributed by atoms with Crippen LogP contribution in [0.15, 0.2) is 24.3 Å². The van der Waals surface area contributed by atoms with E-state index in [-0.39, 0.29) is 24.8 Å². The Balaban J connectivity index is 2.02. The molecule has 2 rings (SSSR count). The Hall–Kier alpha value is -2.57. The van der Waals surface area contributed by atoms with E-state index in [1.807, 2.05) is 0 Å². The normalized spacial score (nSPS) is 16.6. The number of hydrogen-bond donors (Lipinski definition) is 1. The molecule has 1 aliphatic rings. The number of hydrogen-bond acceptors (Lipinski definition) is 5. The molecule has 27 heavy (non-hydrogen) atoms. The van der Waals surface area contributed by atoms with Crippen LogP contribution >= 0.6 is 0 Å². The van der Waals surface area contributed by atoms with Crippen molar-refractivity contribution in [2.24, 2.45) is 0 Å². The molecule has 0 radical (unpaired) electrons. The third-order valence-corrected chi connectivity index (χ3v) is 4.37. The minimum atomic E-state index is -0.852. The zero-order chi connectivity index (χ0) is 19.6. The van der Waals surface area contributed by atoms with Crippen molar-refractivity contribution >= 4 is 17.8 Å². The van der Waals surface area contributed by atoms with Crippen LogP contribution in [0.4, 0.5) is 0 Å². The van der Waals surface area contributed by atoms with Crippen LogP contribution in [0, 0.1) is 0 Å². The summed E-state index contributed by atoms with van der Waals surface area (Å²) in [6, 6.07) is 6.03. The molecule has 1 saturated heterocycles. The fourth-order valence-corrected chi connectivity index (χ4v) is 2.94. The molecule has 1 fully saturated rings. The lowest BCUT2D eigenvalue weighted by Gasteiger charge is -2.34. The molecule has 0 saturated carbocycles. The monoisotopic (exact) mass is 376 g/mol. The second kappa shape index (κ2) is 10.5. The van der Waals surface area contributed by atoms with E-state index in [1.54, 1.807) is 31.2 Å². The van der Waals surface area contributed by atoms with Crippen LogP contribution in [-0.2, 0) is 14.3 Å². The Kier molecular flexibility index (Phi) is 8.10. The Labute approximate surface area is 160 Å². The van der Waals surface area contributed by atoms with Crippen molar-refractivity contribution in [1.29, 1.82) is 0 Å². The second-order valence-corrected chi connectivity index (χ2v) is 6.39. The summed E-state index contributed by atoms with van der Waals surface area (Å²) >= 11 is 0. The van der Waals surface area contributed by atoms with Gasteiger partial charge in [0, 0.05) is 18.7 Å². The zero-order valence-corrected chi connectivity index (χ0v) is 16.0. The number of unbranched alkanes of at least 4 members (excludes halogenated alkanes) is 2. The fourth-order valence-electron chi connectivity index (χ4n) is 2.94. The maximum absolute atomic E-state index is 12.9. The van der Waals surface area contributed by atoms with Crippen LogP contribution in [-0.4, -0.2) is 55.0 Å². The van der Waals surface area contributed by atoms with Crippen molar-refractivity contribution in [3.8, 4) is 5.75 Å². The quantitative estimate of drug-likeness (QED) is 0.527. The first-order chi connectivity index (χ1) is 13.1. The number of carbonyl (C=O) groups is 3. The van der Waals surface area contributed by atoms with Crippen LogP contribution in [0.1, 0.15) is 49.9 Å². The van der Waals surface area contributed by atoms with E-state index in [2.05, 4.69) is 12.2 Å². The van der Waals surface area contributed by atoms with Crippen LogP contribution < -0.4 is 10.1 Å². The average molecular weight is 376 g/mol. The van der Waals surface area contributed by atoms with E-state index in [1.165, 1.54) is 4.90 Å². The van der Waals surface area contributed by atoms with Gasteiger partial charge in [-0.1, -0.05) is 19.8 Å². The van der Waals surface area contributed by atoms with E-state index in [4.69, 9.17) is 9.47 Å². The van der Waals surface area contributed by atoms with E-state index < -0.39 is 12.0 Å². The van der Waals surface area contributed by atoms with Gasteiger partial charge in [0.15, 0.2) is 0 Å². The third kappa shape index (κ3) is 5.98. The first-order valence-electron chi connectivity index (χ1n) is 9.54. The van der Waals surface area contributed by atoms with Gasteiger partial charge in [-0.25, -0.2) is 0 Å². The molecule has 0 spiro atoms. The summed E-state index contributed by atoms with van der Waals surface area (Å²) in [6.45, 7) is 5.44. The lowest BCUT2D eigenvalue weighted by atomic mass is 10.1. The summed E-state index contributed by atoms with van der Waals surface area (Å²) in [6.07, 6.45) is 3.10. The number of amides is 2. The molecule has 1 aromatic rings. The number of benzene rings is 1. The van der Waals surface area contributed by atoms with Crippen molar-refractivity contribution in [2.45, 2.75) is 45.6 Å². The molecule has 0 aliphatic carbocycles. The molecule has 148 valence electrons. The Morgan fingerprint density at radius 2 is 1.93 bits per heavy atom. The molecule has 1 N–H and O–H groups in total. The van der Waals surface area contributed by atoms with Crippen molar-refractivity contribution in [3.05, 3.63) is 29.8 Å². The topological polar surface area (TPSA) is 84.9 Å². The highest BCUT2D eigenvalue weighted by Crippen LogP contribution is 2.18. The number of nitrogens with one attached hydrogen (secondary N) is 1. The summed E-state index contributed by atoms with van der Waals surface area (Å²) in [5, 5.41) is 2.70. The lowest BCUT2D eigenvalue weighted by molar-refractivity contribution is -0.147. The van der Waals surface area contributed by atoms with Crippen LogP contribution in [0.25, 0.3) is 0 Å². The molecule has 0 aromatic heterocycles. The lowest BCUT2D eigenvalue weighted by Crippen LogP contribution is -2.57. The molecule has 2 amide bonds. The van der Waals surface area contributed by atoms with Crippen molar-refractivity contribution in [3.63, 3.8) is 0 Å². The van der Waals surface area contributed by atoms with Crippen molar-refractivity contribution in [1.82, 2.24) is 10.2 Å². The number of carbonyl (C=O) groups excluding carboxylic acids is 3. The Morgan fingerprint density at radius 1 is 1.19 bits per heavy atom. The summed E-state index contributed by atoms with van der Waals surface area (Å²) in [4.78, 5) is 38.3. The van der Waals surface area contributed by atoms with Gasteiger partial charge in [0.2, 0.25) is 5.91 Å². The first-order valence-corrected chi connectivity index (χ1v) is 9.54. The van der Waals surface area contributed by atoms with E-state index >= 15 is 0 Å². The predicted molar refractivity (Wildman–Crippen MR) is 101 cm³/mol. The molecule has 7 nitrogen and oxygen atoms in total. The summed E-state index contributed by atoms with van der Waals surface area (Å²) in [5.74, 6) is -0.398. The van der Waals surface area contributed by atoms with Gasteiger partial charge in [-0.3, -0.25) is 14.4 Å². The van der Waals surface area contributed by atoms with E-state index in [9.17, 15) is 14.4 Å². The van der Waals surface area contributed by atoms with Gasteiger partial charge in [-0.05, 0) is 37.6 Å². The Morgan fingerprint density at radius 3 is 2.59 bits per heavy atom. The molecule has 0 bridgehead atoms. The van der Waals surface area contributed by atoms with Crippen molar-refractivity contribution < 1.29 is 23.9 Å². The molecular weight excluding hydrogens is 348 g/mol. The van der Waals surface area contributed by atoms with Gasteiger partial charge >= 0.3 is 5.97 Å². The van der Waals surface area contributed by atoms with Gasteiger partial charge < -0.3 is 19.7 Å². The SMILES string of the molecule is CCCCCOc1ccc(C(=O)N2CCNC(=O)[C@@H]2CC(=O)OCC)cc1. The maximum Gasteiger partial charge on any atom is 0.308 e. The molecular formula is C20H28N2O5. The van der Waals surface area contributed by atoms with Crippen LogP contribution in [0.3, 0.4) is 0 Å². The number of ether oxygens (including phenoxy) is 2. The van der Waals surface area contributed by atoms with E-state index in [0.717, 1.165) is 19.3 Å². The smallest absolute Gasteiger partial charge is 0.308 e. The molecule has 1 aromatic carbocycles. The highest BCUT2D eigenvalue weighted by molar-refractivity contribution is 5.99. The number of esters is 1. The number of nitrogens with zero attached hydrogens (tertiary/aromatic N) is 1. The second-order valence-electron chi connectivity index (χ2n) is 6.39. The largest absolute Gasteiger partial charge is 0.494 e. The highest BCUT2D eigenvalue weighted by atomic mass is 16.5. The standard InChI is InChI=1S/C20H28N2O5/c1-3-5-6-13-27-16-9-7-15(8-10-16)20(25)22-12-11-21-19(24)17(22)14-18(23)26-4-2/h7-10,17H,3-6,11-14H2,1-2H3,(H,21,24)/t17-/m0/s1. The zero-order valence-electron chi connectivity index (χ0n) is 16.0. The maximum atomic E-state index is 12.9. The average Bonchev–Trinajstić information content (AvgIpc) is 2.67. The summed E-state index contributed by atoms with van der Waals surface area (Å²) < 4.78 is 10.6. The van der Waals surface area contributed by atoms with Gasteiger partial charge in [-0.2, -0.15) is 0 Å². The molecule has 1 atom stereocenters. The van der Waals surface area contributed by atoms with Crippen LogP contribution in [0.2, 0.25) is 0 Å². The summed E-state index contributed by atoms with van der Waals surface area (Å²) in [5.41, 5.74) is 0.458. The fraction of sp³-hybridized carbons (Fsp3) is 0.550. The van der Waals surface area contributed by atoms with Gasteiger partial charge in [0.05, 0.1) is 19.6 Å². The highest BCUT2D eigenvalue weighted by Gasteiger charge is 2.35. The van der Waals surface area contributed by atoms with Gasteiger partial charge in [0.25, 0.3) is 5.91 Å². The minimum absolute atomic E-state index is 0.149. The predicted octanol–water partition coefficient (Wildman–Crippen LogP) is 2.15. The van der Waals surface area contributed by atoms with Gasteiger partial charge in [0.1, 0.15) is 11.8 Å². The molecule has 0 unspecified atom stereocenters. The first kappa shape index (κ1) is 20.7. The number of rotatable bonds is 9. The van der Waals surface area contributed by atoms with Crippen LogP contribution in [0.5, 0.6) is 5.75 Å². The third-order valence-electron chi connectivity index (χ3n) is 4.37. The molecule has 7 heteroatoms. The molecule has 1 aliphatic heterocycles. The molecule has 1 heterocycles. The minimum Gasteiger partial charge on any atom is -0.494 e. The number of piperazine rings is 1.